The van der Waals surface area contributed by atoms with Gasteiger partial charge in [-0.1, -0.05) is 19.8 Å². The molecule has 2 aromatic carbocycles. The molecule has 0 aromatic heterocycles. The first-order chi connectivity index (χ1) is 16.3. The van der Waals surface area contributed by atoms with Crippen LogP contribution in [-0.4, -0.2) is 52.7 Å². The Balaban J connectivity index is 1.59. The van der Waals surface area contributed by atoms with Gasteiger partial charge in [-0.25, -0.2) is 0 Å². The summed E-state index contributed by atoms with van der Waals surface area (Å²) in [5.74, 6) is -0.484. The summed E-state index contributed by atoms with van der Waals surface area (Å²) in [5, 5.41) is 24.7. The monoisotopic (exact) mass is 469 g/mol. The zero-order valence-electron chi connectivity index (χ0n) is 18.9. The van der Waals surface area contributed by atoms with Crippen molar-refractivity contribution >= 4 is 34.6 Å². The molecule has 0 aliphatic carbocycles. The van der Waals surface area contributed by atoms with Crippen LogP contribution in [0.5, 0.6) is 0 Å². The van der Waals surface area contributed by atoms with Crippen LogP contribution >= 0.6 is 0 Å². The van der Waals surface area contributed by atoms with Gasteiger partial charge in [-0.2, -0.15) is 0 Å². The minimum absolute atomic E-state index is 0.176. The number of nitro groups is 2. The van der Waals surface area contributed by atoms with E-state index in [1.807, 2.05) is 17.0 Å². The number of rotatable bonds is 9. The lowest BCUT2D eigenvalue weighted by Crippen LogP contribution is -2.48. The average molecular weight is 469 g/mol. The van der Waals surface area contributed by atoms with Crippen molar-refractivity contribution in [2.24, 2.45) is 0 Å². The Hall–Kier alpha value is -4.02. The van der Waals surface area contributed by atoms with E-state index in [1.165, 1.54) is 0 Å². The maximum atomic E-state index is 12.5. The van der Waals surface area contributed by atoms with Gasteiger partial charge in [0.1, 0.15) is 0 Å². The predicted octanol–water partition coefficient (Wildman–Crippen LogP) is 3.98. The number of nitrogens with zero attached hydrogens (tertiary/aromatic N) is 4. The molecule has 11 heteroatoms. The second kappa shape index (κ2) is 11.2. The number of nitro benzene ring substituents is 2. The first kappa shape index (κ1) is 24.6. The SMILES string of the molecule is CCCCCC(=O)N1CCN(c2ccc(NC(=O)c3cc([N+](=O)[O-])cc([N+](=O)[O-])c3)cc2)CC1. The van der Waals surface area contributed by atoms with E-state index in [0.29, 0.717) is 38.3 Å². The number of piperazine rings is 1. The first-order valence-electron chi connectivity index (χ1n) is 11.2. The summed E-state index contributed by atoms with van der Waals surface area (Å²) < 4.78 is 0. The Labute approximate surface area is 196 Å². The summed E-state index contributed by atoms with van der Waals surface area (Å²) in [6, 6.07) is 9.88. The second-order valence-electron chi connectivity index (χ2n) is 8.08. The number of nitrogens with one attached hydrogen (secondary N) is 1. The molecule has 1 N–H and O–H groups in total. The molecule has 1 aliphatic rings. The number of amides is 2. The van der Waals surface area contributed by atoms with E-state index in [0.717, 1.165) is 43.1 Å². The molecule has 34 heavy (non-hydrogen) atoms. The molecule has 0 unspecified atom stereocenters. The zero-order valence-corrected chi connectivity index (χ0v) is 18.9. The van der Waals surface area contributed by atoms with Crippen LogP contribution in [0.25, 0.3) is 0 Å². The van der Waals surface area contributed by atoms with Crippen molar-refractivity contribution in [3.63, 3.8) is 0 Å². The van der Waals surface area contributed by atoms with E-state index in [4.69, 9.17) is 0 Å². The lowest BCUT2D eigenvalue weighted by Gasteiger charge is -2.36. The first-order valence-corrected chi connectivity index (χ1v) is 11.2. The minimum atomic E-state index is -0.781. The fourth-order valence-corrected chi connectivity index (χ4v) is 3.79. The van der Waals surface area contributed by atoms with E-state index in [2.05, 4.69) is 17.1 Å². The molecule has 0 atom stereocenters. The van der Waals surface area contributed by atoms with Gasteiger partial charge in [0.15, 0.2) is 0 Å². The van der Waals surface area contributed by atoms with Crippen LogP contribution in [0.4, 0.5) is 22.7 Å². The van der Waals surface area contributed by atoms with Crippen molar-refractivity contribution in [1.82, 2.24) is 4.90 Å². The van der Waals surface area contributed by atoms with Gasteiger partial charge in [-0.3, -0.25) is 29.8 Å². The summed E-state index contributed by atoms with van der Waals surface area (Å²) >= 11 is 0. The standard InChI is InChI=1S/C23H27N5O6/c1-2-3-4-5-22(29)26-12-10-25(11-13-26)19-8-6-18(7-9-19)24-23(30)17-14-20(27(31)32)16-21(15-17)28(33)34/h6-9,14-16H,2-5,10-13H2,1H3,(H,24,30). The van der Waals surface area contributed by atoms with E-state index < -0.39 is 27.1 Å². The highest BCUT2D eigenvalue weighted by atomic mass is 16.6. The molecular weight excluding hydrogens is 442 g/mol. The van der Waals surface area contributed by atoms with Crippen LogP contribution in [0, 0.1) is 20.2 Å². The molecule has 1 fully saturated rings. The molecule has 1 heterocycles. The summed E-state index contributed by atoms with van der Waals surface area (Å²) in [4.78, 5) is 49.4. The van der Waals surface area contributed by atoms with Crippen LogP contribution in [0.1, 0.15) is 43.0 Å². The van der Waals surface area contributed by atoms with Gasteiger partial charge in [0.25, 0.3) is 17.3 Å². The molecule has 180 valence electrons. The topological polar surface area (TPSA) is 139 Å². The summed E-state index contributed by atoms with van der Waals surface area (Å²) in [5.41, 5.74) is 0.162. The number of carbonyl (C=O) groups is 2. The molecule has 0 saturated carbocycles. The normalized spacial score (nSPS) is 13.4. The fourth-order valence-electron chi connectivity index (χ4n) is 3.79. The lowest BCUT2D eigenvalue weighted by molar-refractivity contribution is -0.394. The van der Waals surface area contributed by atoms with E-state index in [1.54, 1.807) is 12.1 Å². The number of non-ortho nitro benzene ring substituents is 2. The third kappa shape index (κ3) is 6.27. The number of hydrogen-bond acceptors (Lipinski definition) is 7. The summed E-state index contributed by atoms with van der Waals surface area (Å²) in [6.45, 7) is 4.86. The third-order valence-electron chi connectivity index (χ3n) is 5.70. The molecule has 0 spiro atoms. The maximum Gasteiger partial charge on any atom is 0.277 e. The van der Waals surface area contributed by atoms with Crippen molar-refractivity contribution in [3.8, 4) is 0 Å². The van der Waals surface area contributed by atoms with Crippen LogP contribution in [-0.2, 0) is 4.79 Å². The van der Waals surface area contributed by atoms with Crippen LogP contribution in [0.15, 0.2) is 42.5 Å². The van der Waals surface area contributed by atoms with Gasteiger partial charge in [0.2, 0.25) is 5.91 Å². The summed E-state index contributed by atoms with van der Waals surface area (Å²) in [6.07, 6.45) is 3.66. The van der Waals surface area contributed by atoms with E-state index in [-0.39, 0.29) is 11.5 Å². The predicted molar refractivity (Wildman–Crippen MR) is 127 cm³/mol. The average Bonchev–Trinajstić information content (AvgIpc) is 2.84. The van der Waals surface area contributed by atoms with E-state index in [9.17, 15) is 29.8 Å². The van der Waals surface area contributed by atoms with Crippen molar-refractivity contribution in [2.45, 2.75) is 32.6 Å². The quantitative estimate of drug-likeness (QED) is 0.333. The van der Waals surface area contributed by atoms with Crippen molar-refractivity contribution < 1.29 is 19.4 Å². The largest absolute Gasteiger partial charge is 0.368 e. The van der Waals surface area contributed by atoms with Crippen molar-refractivity contribution in [3.05, 3.63) is 68.3 Å². The Morgan fingerprint density at radius 2 is 1.50 bits per heavy atom. The smallest absolute Gasteiger partial charge is 0.277 e. The minimum Gasteiger partial charge on any atom is -0.368 e. The Kier molecular flexibility index (Phi) is 8.12. The van der Waals surface area contributed by atoms with Gasteiger partial charge in [-0.05, 0) is 30.7 Å². The van der Waals surface area contributed by atoms with Crippen LogP contribution < -0.4 is 10.2 Å². The Bertz CT molecular complexity index is 1030. The number of anilines is 2. The molecule has 3 rings (SSSR count). The van der Waals surface area contributed by atoms with Crippen molar-refractivity contribution in [2.75, 3.05) is 36.4 Å². The maximum absolute atomic E-state index is 12.5. The molecule has 11 nitrogen and oxygen atoms in total. The molecule has 0 bridgehead atoms. The molecule has 2 aromatic rings. The van der Waals surface area contributed by atoms with Crippen LogP contribution in [0.2, 0.25) is 0 Å². The molecule has 1 aliphatic heterocycles. The Morgan fingerprint density at radius 3 is 2.03 bits per heavy atom. The number of carbonyl (C=O) groups excluding carboxylic acids is 2. The number of hydrogen-bond donors (Lipinski definition) is 1. The molecular formula is C23H27N5O6. The van der Waals surface area contributed by atoms with Gasteiger partial charge >= 0.3 is 0 Å². The molecule has 0 radical (unpaired) electrons. The summed E-state index contributed by atoms with van der Waals surface area (Å²) in [7, 11) is 0. The fraction of sp³-hybridized carbons (Fsp3) is 0.391. The molecule has 2 amide bonds. The second-order valence-corrected chi connectivity index (χ2v) is 8.08. The number of unbranched alkanes of at least 4 members (excludes halogenated alkanes) is 2. The third-order valence-corrected chi connectivity index (χ3v) is 5.70. The number of benzene rings is 2. The van der Waals surface area contributed by atoms with Crippen molar-refractivity contribution in [1.29, 1.82) is 0 Å². The highest BCUT2D eigenvalue weighted by molar-refractivity contribution is 6.05. The van der Waals surface area contributed by atoms with Gasteiger partial charge in [0.05, 0.1) is 21.5 Å². The molecule has 1 saturated heterocycles. The lowest BCUT2D eigenvalue weighted by atomic mass is 10.1. The highest BCUT2D eigenvalue weighted by Crippen LogP contribution is 2.24. The zero-order chi connectivity index (χ0) is 24.7. The highest BCUT2D eigenvalue weighted by Gasteiger charge is 2.22. The van der Waals surface area contributed by atoms with Gasteiger partial charge < -0.3 is 15.1 Å². The van der Waals surface area contributed by atoms with Crippen LogP contribution in [0.3, 0.4) is 0 Å². The Morgan fingerprint density at radius 1 is 0.912 bits per heavy atom. The van der Waals surface area contributed by atoms with Gasteiger partial charge in [0, 0.05) is 56.1 Å². The van der Waals surface area contributed by atoms with Gasteiger partial charge in [-0.15, -0.1) is 0 Å². The van der Waals surface area contributed by atoms with E-state index >= 15 is 0 Å².